The molecule has 0 bridgehead atoms. The Hall–Kier alpha value is -0.713. The predicted molar refractivity (Wildman–Crippen MR) is 72.4 cm³/mol. The quantitative estimate of drug-likeness (QED) is 0.834. The number of nitrogens with one attached hydrogen (secondary N) is 1. The number of hydrogen-bond acceptors (Lipinski definition) is 3. The van der Waals surface area contributed by atoms with E-state index in [4.69, 9.17) is 4.43 Å². The third-order valence-corrected chi connectivity index (χ3v) is 3.88. The van der Waals surface area contributed by atoms with E-state index in [1.54, 1.807) is 0 Å². The van der Waals surface area contributed by atoms with Crippen molar-refractivity contribution in [2.24, 2.45) is 0 Å². The summed E-state index contributed by atoms with van der Waals surface area (Å²) in [6, 6.07) is 6.50. The van der Waals surface area contributed by atoms with Crippen LogP contribution in [0.5, 0.6) is 0 Å². The van der Waals surface area contributed by atoms with E-state index in [1.807, 2.05) is 18.3 Å². The molecule has 1 aromatic heterocycles. The van der Waals surface area contributed by atoms with Crippen molar-refractivity contribution >= 4 is 8.32 Å². The Morgan fingerprint density at radius 2 is 2.24 bits per heavy atom. The minimum Gasteiger partial charge on any atom is -0.408 e. The second-order valence-corrected chi connectivity index (χ2v) is 10.1. The fourth-order valence-electron chi connectivity index (χ4n) is 2.24. The topological polar surface area (TPSA) is 34.1 Å². The minimum atomic E-state index is -1.55. The van der Waals surface area contributed by atoms with E-state index in [-0.39, 0.29) is 6.10 Å². The summed E-state index contributed by atoms with van der Waals surface area (Å²) >= 11 is 0. The Labute approximate surface area is 105 Å². The molecule has 3 nitrogen and oxygen atoms in total. The normalized spacial score (nSPS) is 22.6. The molecule has 1 saturated heterocycles. The lowest BCUT2D eigenvalue weighted by Gasteiger charge is -2.30. The Morgan fingerprint density at radius 1 is 1.41 bits per heavy atom. The van der Waals surface area contributed by atoms with Gasteiger partial charge in [-0.05, 0) is 51.2 Å². The Bertz CT molecular complexity index is 344. The summed E-state index contributed by atoms with van der Waals surface area (Å²) in [4.78, 5) is 4.47. The van der Waals surface area contributed by atoms with Crippen molar-refractivity contribution in [3.05, 3.63) is 30.1 Å². The molecule has 1 fully saturated rings. The van der Waals surface area contributed by atoms with E-state index in [9.17, 15) is 0 Å². The second kappa shape index (κ2) is 5.29. The van der Waals surface area contributed by atoms with Gasteiger partial charge in [0.25, 0.3) is 0 Å². The van der Waals surface area contributed by atoms with Crippen molar-refractivity contribution < 1.29 is 4.43 Å². The number of rotatable bonds is 4. The Kier molecular flexibility index (Phi) is 3.96. The van der Waals surface area contributed by atoms with Gasteiger partial charge >= 0.3 is 0 Å². The van der Waals surface area contributed by atoms with Gasteiger partial charge in [0.2, 0.25) is 0 Å². The molecule has 0 saturated carbocycles. The lowest BCUT2D eigenvalue weighted by atomic mass is 10.1. The summed E-state index contributed by atoms with van der Waals surface area (Å²) in [5.41, 5.74) is 1.06. The fraction of sp³-hybridized carbons (Fsp3) is 0.615. The fourth-order valence-corrected chi connectivity index (χ4v) is 3.29. The molecule has 1 aromatic rings. The molecule has 2 rings (SSSR count). The number of aromatic nitrogens is 1. The molecule has 1 aliphatic heterocycles. The largest absolute Gasteiger partial charge is 0.408 e. The van der Waals surface area contributed by atoms with Gasteiger partial charge in [0, 0.05) is 12.2 Å². The molecule has 2 heterocycles. The van der Waals surface area contributed by atoms with E-state index >= 15 is 0 Å². The van der Waals surface area contributed by atoms with Crippen LogP contribution in [-0.2, 0) is 4.43 Å². The highest BCUT2D eigenvalue weighted by Crippen LogP contribution is 2.28. The molecule has 94 valence electrons. The Morgan fingerprint density at radius 3 is 2.76 bits per heavy atom. The van der Waals surface area contributed by atoms with Gasteiger partial charge in [-0.1, -0.05) is 6.07 Å². The number of pyridine rings is 1. The third kappa shape index (κ3) is 3.62. The van der Waals surface area contributed by atoms with Gasteiger partial charge < -0.3 is 9.74 Å². The summed E-state index contributed by atoms with van der Waals surface area (Å²) in [6.45, 7) is 7.80. The highest BCUT2D eigenvalue weighted by molar-refractivity contribution is 6.69. The summed E-state index contributed by atoms with van der Waals surface area (Å²) in [5.74, 6) is 0. The molecule has 17 heavy (non-hydrogen) atoms. The van der Waals surface area contributed by atoms with Crippen molar-refractivity contribution in [3.63, 3.8) is 0 Å². The first-order valence-corrected chi connectivity index (χ1v) is 9.79. The van der Waals surface area contributed by atoms with E-state index in [2.05, 4.69) is 36.0 Å². The van der Waals surface area contributed by atoms with Crippen molar-refractivity contribution in [3.8, 4) is 0 Å². The highest BCUT2D eigenvalue weighted by atomic mass is 28.4. The van der Waals surface area contributed by atoms with Gasteiger partial charge in [-0.3, -0.25) is 4.98 Å². The molecule has 0 radical (unpaired) electrons. The zero-order chi connectivity index (χ0) is 12.3. The Balaban J connectivity index is 2.17. The molecule has 0 aromatic carbocycles. The molecule has 1 unspecified atom stereocenters. The predicted octanol–water partition coefficient (Wildman–Crippen LogP) is 2.73. The summed E-state index contributed by atoms with van der Waals surface area (Å²) in [6.07, 6.45) is 4.39. The van der Waals surface area contributed by atoms with Crippen LogP contribution in [0.15, 0.2) is 24.4 Å². The monoisotopic (exact) mass is 250 g/mol. The number of hydrogen-bond donors (Lipinski definition) is 1. The van der Waals surface area contributed by atoms with Gasteiger partial charge in [-0.2, -0.15) is 0 Å². The van der Waals surface area contributed by atoms with Gasteiger partial charge in [-0.25, -0.2) is 0 Å². The van der Waals surface area contributed by atoms with Crippen LogP contribution in [0.2, 0.25) is 19.6 Å². The lowest BCUT2D eigenvalue weighted by Crippen LogP contribution is -2.38. The first-order valence-electron chi connectivity index (χ1n) is 6.38. The number of nitrogens with zero attached hydrogens (tertiary/aromatic N) is 1. The van der Waals surface area contributed by atoms with Crippen molar-refractivity contribution in [2.75, 3.05) is 6.54 Å². The summed E-state index contributed by atoms with van der Waals surface area (Å²) < 4.78 is 6.32. The van der Waals surface area contributed by atoms with Crippen LogP contribution in [0.3, 0.4) is 0 Å². The molecular weight excluding hydrogens is 228 g/mol. The maximum atomic E-state index is 6.32. The molecule has 1 N–H and O–H groups in total. The lowest BCUT2D eigenvalue weighted by molar-refractivity contribution is 0.152. The van der Waals surface area contributed by atoms with E-state index in [1.165, 1.54) is 12.8 Å². The van der Waals surface area contributed by atoms with Crippen LogP contribution in [0, 0.1) is 0 Å². The van der Waals surface area contributed by atoms with E-state index in [0.29, 0.717) is 6.04 Å². The van der Waals surface area contributed by atoms with Gasteiger partial charge in [0.1, 0.15) is 6.10 Å². The summed E-state index contributed by atoms with van der Waals surface area (Å²) in [5, 5.41) is 3.53. The van der Waals surface area contributed by atoms with Crippen molar-refractivity contribution in [2.45, 2.75) is 44.6 Å². The van der Waals surface area contributed by atoms with Crippen molar-refractivity contribution in [1.29, 1.82) is 0 Å². The molecule has 0 aliphatic carbocycles. The first-order chi connectivity index (χ1) is 8.06. The van der Waals surface area contributed by atoms with Crippen LogP contribution in [0.4, 0.5) is 0 Å². The van der Waals surface area contributed by atoms with Gasteiger partial charge in [0.15, 0.2) is 8.32 Å². The minimum absolute atomic E-state index is 0.116. The maximum absolute atomic E-state index is 6.32. The molecule has 4 heteroatoms. The molecule has 0 amide bonds. The van der Waals surface area contributed by atoms with Crippen LogP contribution in [0.25, 0.3) is 0 Å². The zero-order valence-corrected chi connectivity index (χ0v) is 11.9. The molecule has 0 spiro atoms. The van der Waals surface area contributed by atoms with Crippen molar-refractivity contribution in [1.82, 2.24) is 10.3 Å². The average Bonchev–Trinajstić information content (AvgIpc) is 2.79. The van der Waals surface area contributed by atoms with Crippen LogP contribution in [0.1, 0.15) is 24.6 Å². The maximum Gasteiger partial charge on any atom is 0.184 e. The van der Waals surface area contributed by atoms with Gasteiger partial charge in [0.05, 0.1) is 5.69 Å². The third-order valence-electron chi connectivity index (χ3n) is 2.92. The highest BCUT2D eigenvalue weighted by Gasteiger charge is 2.31. The first kappa shape index (κ1) is 12.7. The van der Waals surface area contributed by atoms with E-state index in [0.717, 1.165) is 12.2 Å². The average molecular weight is 250 g/mol. The standard InChI is InChI=1S/C13H22N2OSi/c1-17(2,3)16-13(12-8-6-10-15-12)11-7-4-5-9-14-11/h4-5,7,9,12-13,15H,6,8,10H2,1-3H3/t12-,13?/m0/s1. The second-order valence-electron chi connectivity index (χ2n) is 5.61. The molecule has 1 aliphatic rings. The van der Waals surface area contributed by atoms with Crippen LogP contribution >= 0.6 is 0 Å². The smallest absolute Gasteiger partial charge is 0.184 e. The summed E-state index contributed by atoms with van der Waals surface area (Å²) in [7, 11) is -1.55. The van der Waals surface area contributed by atoms with Crippen LogP contribution < -0.4 is 5.32 Å². The van der Waals surface area contributed by atoms with Crippen LogP contribution in [-0.4, -0.2) is 25.9 Å². The molecule has 2 atom stereocenters. The van der Waals surface area contributed by atoms with Gasteiger partial charge in [-0.15, -0.1) is 0 Å². The SMILES string of the molecule is C[Si](C)(C)OC(c1ccccn1)[C@@H]1CCCN1. The van der Waals surface area contributed by atoms with E-state index < -0.39 is 8.32 Å². The molecular formula is C13H22N2OSi. The zero-order valence-electron chi connectivity index (χ0n) is 10.9.